The summed E-state index contributed by atoms with van der Waals surface area (Å²) < 4.78 is 50.1. The SMILES string of the molecule is CS(=O)(=O)CCS(=O)(=O)[O-].[Na+]. The van der Waals surface area contributed by atoms with E-state index in [9.17, 15) is 21.4 Å². The van der Waals surface area contributed by atoms with Crippen LogP contribution in [0.1, 0.15) is 0 Å². The van der Waals surface area contributed by atoms with Gasteiger partial charge in [0.15, 0.2) is 0 Å². The molecule has 0 rings (SSSR count). The number of hydrogen-bond acceptors (Lipinski definition) is 5. The Kier molecular flexibility index (Phi) is 6.25. The second-order valence-corrected chi connectivity index (χ2v) is 5.68. The van der Waals surface area contributed by atoms with Crippen molar-refractivity contribution in [2.24, 2.45) is 0 Å². The Bertz CT molecular complexity index is 256. The van der Waals surface area contributed by atoms with Crippen LogP contribution in [-0.4, -0.2) is 39.1 Å². The van der Waals surface area contributed by atoms with Crippen LogP contribution in [0, 0.1) is 0 Å². The summed E-state index contributed by atoms with van der Waals surface area (Å²) in [6, 6.07) is 0. The maximum Gasteiger partial charge on any atom is 1.00 e. The molecular weight excluding hydrogens is 203 g/mol. The standard InChI is InChI=1S/C3H8O5S2.Na/c1-9(4,5)2-3-10(6,7)8;/h2-3H2,1H3,(H,6,7,8);/q;+1/p-1. The second kappa shape index (κ2) is 4.78. The first kappa shape index (κ1) is 14.4. The zero-order chi connectivity index (χ0) is 8.41. The minimum atomic E-state index is -4.39. The van der Waals surface area contributed by atoms with Crippen LogP contribution in [0.4, 0.5) is 0 Å². The molecule has 0 saturated carbocycles. The molecule has 0 aromatic carbocycles. The molecule has 0 aliphatic carbocycles. The average Bonchev–Trinajstić information content (AvgIpc) is 1.57. The summed E-state index contributed by atoms with van der Waals surface area (Å²) in [5, 5.41) is 0. The summed E-state index contributed by atoms with van der Waals surface area (Å²) in [4.78, 5) is 0. The van der Waals surface area contributed by atoms with E-state index in [2.05, 4.69) is 0 Å². The van der Waals surface area contributed by atoms with E-state index in [0.29, 0.717) is 0 Å². The molecule has 0 atom stereocenters. The van der Waals surface area contributed by atoms with Crippen LogP contribution in [0.5, 0.6) is 0 Å². The van der Waals surface area contributed by atoms with Gasteiger partial charge in [0.1, 0.15) is 9.84 Å². The summed E-state index contributed by atoms with van der Waals surface area (Å²) in [6.07, 6.45) is 0.873. The smallest absolute Gasteiger partial charge is 0.748 e. The van der Waals surface area contributed by atoms with E-state index in [1.165, 1.54) is 0 Å². The fourth-order valence-corrected chi connectivity index (χ4v) is 2.28. The van der Waals surface area contributed by atoms with E-state index in [1.807, 2.05) is 0 Å². The van der Waals surface area contributed by atoms with Crippen molar-refractivity contribution in [2.75, 3.05) is 17.8 Å². The zero-order valence-electron chi connectivity index (χ0n) is 6.27. The van der Waals surface area contributed by atoms with Crippen LogP contribution >= 0.6 is 0 Å². The second-order valence-electron chi connectivity index (χ2n) is 1.89. The molecule has 0 bridgehead atoms. The van der Waals surface area contributed by atoms with E-state index in [0.717, 1.165) is 6.26 Å². The fraction of sp³-hybridized carbons (Fsp3) is 1.00. The first-order valence-electron chi connectivity index (χ1n) is 2.32. The van der Waals surface area contributed by atoms with Gasteiger partial charge in [0.05, 0.1) is 21.6 Å². The van der Waals surface area contributed by atoms with E-state index >= 15 is 0 Å². The van der Waals surface area contributed by atoms with Gasteiger partial charge < -0.3 is 4.55 Å². The Hall–Kier alpha value is 0.860. The molecule has 8 heteroatoms. The third-order valence-electron chi connectivity index (χ3n) is 0.704. The topological polar surface area (TPSA) is 91.3 Å². The zero-order valence-corrected chi connectivity index (χ0v) is 9.90. The van der Waals surface area contributed by atoms with E-state index < -0.39 is 31.5 Å². The molecule has 0 N–H and O–H groups in total. The molecule has 5 nitrogen and oxygen atoms in total. The largest absolute Gasteiger partial charge is 1.00 e. The van der Waals surface area contributed by atoms with Crippen molar-refractivity contribution >= 4 is 20.0 Å². The van der Waals surface area contributed by atoms with Crippen molar-refractivity contribution in [3.63, 3.8) is 0 Å². The molecule has 0 fully saturated rings. The van der Waals surface area contributed by atoms with Crippen LogP contribution < -0.4 is 29.6 Å². The molecule has 0 saturated heterocycles. The third-order valence-corrected chi connectivity index (χ3v) is 2.61. The maximum atomic E-state index is 10.3. The monoisotopic (exact) mass is 210 g/mol. The molecule has 0 aliphatic heterocycles. The van der Waals surface area contributed by atoms with Gasteiger partial charge in [-0.15, -0.1) is 0 Å². The van der Waals surface area contributed by atoms with Crippen molar-refractivity contribution < 1.29 is 50.9 Å². The van der Waals surface area contributed by atoms with Crippen LogP contribution in [0.25, 0.3) is 0 Å². The Morgan fingerprint density at radius 3 is 1.55 bits per heavy atom. The van der Waals surface area contributed by atoms with Gasteiger partial charge in [0.2, 0.25) is 0 Å². The van der Waals surface area contributed by atoms with E-state index in [-0.39, 0.29) is 29.6 Å². The summed E-state index contributed by atoms with van der Waals surface area (Å²) in [7, 11) is -7.72. The van der Waals surface area contributed by atoms with Crippen LogP contribution in [-0.2, 0) is 20.0 Å². The molecule has 11 heavy (non-hydrogen) atoms. The van der Waals surface area contributed by atoms with Gasteiger partial charge in [-0.25, -0.2) is 16.8 Å². The Morgan fingerprint density at radius 1 is 1.09 bits per heavy atom. The van der Waals surface area contributed by atoms with Crippen molar-refractivity contribution in [2.45, 2.75) is 0 Å². The Morgan fingerprint density at radius 2 is 1.45 bits per heavy atom. The molecule has 0 amide bonds. The normalized spacial score (nSPS) is 12.2. The number of sulfone groups is 1. The molecule has 0 heterocycles. The maximum absolute atomic E-state index is 10.3. The fourth-order valence-electron chi connectivity index (χ4n) is 0.253. The van der Waals surface area contributed by atoms with Gasteiger partial charge in [0, 0.05) is 6.26 Å². The van der Waals surface area contributed by atoms with Gasteiger partial charge in [-0.05, 0) is 0 Å². The number of rotatable bonds is 3. The molecule has 0 aromatic rings. The summed E-state index contributed by atoms with van der Waals surface area (Å²) >= 11 is 0. The van der Waals surface area contributed by atoms with Crippen molar-refractivity contribution in [3.05, 3.63) is 0 Å². The van der Waals surface area contributed by atoms with Gasteiger partial charge >= 0.3 is 29.6 Å². The molecule has 62 valence electrons. The quantitative estimate of drug-likeness (QED) is 0.346. The summed E-state index contributed by atoms with van der Waals surface area (Å²) in [5.74, 6) is -1.44. The van der Waals surface area contributed by atoms with E-state index in [4.69, 9.17) is 0 Å². The summed E-state index contributed by atoms with van der Waals surface area (Å²) in [6.45, 7) is 0. The summed E-state index contributed by atoms with van der Waals surface area (Å²) in [5.41, 5.74) is 0. The first-order valence-corrected chi connectivity index (χ1v) is 5.96. The Balaban J connectivity index is 0. The first-order chi connectivity index (χ1) is 4.21. The third kappa shape index (κ3) is 13.8. The van der Waals surface area contributed by atoms with Crippen LogP contribution in [0.3, 0.4) is 0 Å². The minimum Gasteiger partial charge on any atom is -0.748 e. The van der Waals surface area contributed by atoms with E-state index in [1.54, 1.807) is 0 Å². The average molecular weight is 210 g/mol. The molecular formula is C3H7NaO5S2. The van der Waals surface area contributed by atoms with Crippen LogP contribution in [0.2, 0.25) is 0 Å². The molecule has 0 aromatic heterocycles. The molecule has 0 spiro atoms. The predicted molar refractivity (Wildman–Crippen MR) is 34.3 cm³/mol. The van der Waals surface area contributed by atoms with Crippen molar-refractivity contribution in [3.8, 4) is 0 Å². The molecule has 0 radical (unpaired) electrons. The van der Waals surface area contributed by atoms with Gasteiger partial charge in [-0.2, -0.15) is 0 Å². The van der Waals surface area contributed by atoms with Gasteiger partial charge in [-0.1, -0.05) is 0 Å². The Labute approximate surface area is 88.1 Å². The minimum absolute atomic E-state index is 0. The van der Waals surface area contributed by atoms with Gasteiger partial charge in [-0.3, -0.25) is 0 Å². The van der Waals surface area contributed by atoms with Gasteiger partial charge in [0.25, 0.3) is 0 Å². The molecule has 0 unspecified atom stereocenters. The predicted octanol–water partition coefficient (Wildman–Crippen LogP) is -4.42. The van der Waals surface area contributed by atoms with Crippen molar-refractivity contribution in [1.29, 1.82) is 0 Å². The number of hydrogen-bond donors (Lipinski definition) is 0. The molecule has 0 aliphatic rings. The van der Waals surface area contributed by atoms with Crippen LogP contribution in [0.15, 0.2) is 0 Å². The van der Waals surface area contributed by atoms with Crippen molar-refractivity contribution in [1.82, 2.24) is 0 Å².